The average molecular weight is 369 g/mol. The van der Waals surface area contributed by atoms with Crippen molar-refractivity contribution in [3.05, 3.63) is 64.3 Å². The number of hydrogen-bond donors (Lipinski definition) is 0. The summed E-state index contributed by atoms with van der Waals surface area (Å²) in [6.45, 7) is 21.5. The van der Waals surface area contributed by atoms with E-state index in [0.29, 0.717) is 0 Å². The number of hydrogen-bond acceptors (Lipinski definition) is 1. The molecule has 0 bridgehead atoms. The molecule has 0 atom stereocenters. The Kier molecular flexibility index (Phi) is 10.3. The Labute approximate surface area is 168 Å². The molecule has 0 unspecified atom stereocenters. The van der Waals surface area contributed by atoms with Crippen molar-refractivity contribution in [3.63, 3.8) is 0 Å². The summed E-state index contributed by atoms with van der Waals surface area (Å²) >= 11 is 0. The Morgan fingerprint density at radius 1 is 0.704 bits per heavy atom. The van der Waals surface area contributed by atoms with Gasteiger partial charge in [0.15, 0.2) is 0 Å². The molecule has 0 spiro atoms. The lowest BCUT2D eigenvalue weighted by molar-refractivity contribution is -0.104. The minimum atomic E-state index is 0.128. The largest absolute Gasteiger partial charge is 0.298 e. The van der Waals surface area contributed by atoms with Gasteiger partial charge in [-0.3, -0.25) is 4.79 Å². The normalized spacial score (nSPS) is 13.9. The van der Waals surface area contributed by atoms with Crippen molar-refractivity contribution in [2.45, 2.75) is 86.5 Å². The molecular formula is C26H40O. The van der Waals surface area contributed by atoms with Crippen LogP contribution in [0.25, 0.3) is 6.08 Å². The molecule has 0 radical (unpaired) electrons. The smallest absolute Gasteiger partial charge is 0.146 e. The van der Waals surface area contributed by atoms with Gasteiger partial charge in [-0.2, -0.15) is 0 Å². The van der Waals surface area contributed by atoms with E-state index in [1.54, 1.807) is 0 Å². The van der Waals surface area contributed by atoms with Crippen LogP contribution in [0.5, 0.6) is 0 Å². The maximum absolute atomic E-state index is 10.8. The topological polar surface area (TPSA) is 17.1 Å². The summed E-state index contributed by atoms with van der Waals surface area (Å²) in [7, 11) is 0. The van der Waals surface area contributed by atoms with Crippen LogP contribution in [0.2, 0.25) is 0 Å². The standard InChI is InChI=1S/C22H28O.2C2H6/c1-21(2,3)19-12-17(13-20(14-19)22(4,5)6)9-7-16-8-10-18(11-16)15-23;2*1-2/h7-10,12-15H,11H2,1-6H3;2*1-2H3/b9-7+;;. The van der Waals surface area contributed by atoms with E-state index in [0.717, 1.165) is 18.3 Å². The van der Waals surface area contributed by atoms with Crippen LogP contribution in [0.3, 0.4) is 0 Å². The third kappa shape index (κ3) is 8.12. The molecule has 150 valence electrons. The first kappa shape index (κ1) is 25.1. The third-order valence-corrected chi connectivity index (χ3v) is 4.25. The van der Waals surface area contributed by atoms with E-state index in [-0.39, 0.29) is 10.8 Å². The van der Waals surface area contributed by atoms with E-state index < -0.39 is 0 Å². The highest BCUT2D eigenvalue weighted by molar-refractivity contribution is 5.77. The molecule has 1 aromatic rings. The first-order valence-corrected chi connectivity index (χ1v) is 10.3. The summed E-state index contributed by atoms with van der Waals surface area (Å²) in [5, 5.41) is 0. The number of carbonyl (C=O) groups excluding carboxylic acids is 1. The Balaban J connectivity index is 0.00000158. The molecule has 0 heterocycles. The first-order valence-electron chi connectivity index (χ1n) is 10.3. The zero-order valence-electron chi connectivity index (χ0n) is 19.2. The van der Waals surface area contributed by atoms with Gasteiger partial charge in [0.1, 0.15) is 6.29 Å². The Bertz CT molecular complexity index is 654. The third-order valence-electron chi connectivity index (χ3n) is 4.25. The summed E-state index contributed by atoms with van der Waals surface area (Å²) in [5.41, 5.74) is 6.23. The molecule has 1 aliphatic carbocycles. The number of carbonyl (C=O) groups is 1. The van der Waals surface area contributed by atoms with E-state index in [1.165, 1.54) is 22.3 Å². The van der Waals surface area contributed by atoms with Gasteiger partial charge >= 0.3 is 0 Å². The molecule has 0 aliphatic heterocycles. The fourth-order valence-electron chi connectivity index (χ4n) is 2.58. The lowest BCUT2D eigenvalue weighted by Crippen LogP contribution is -2.16. The van der Waals surface area contributed by atoms with Crippen molar-refractivity contribution < 1.29 is 4.79 Å². The summed E-state index contributed by atoms with van der Waals surface area (Å²) < 4.78 is 0. The van der Waals surface area contributed by atoms with Crippen molar-refractivity contribution >= 4 is 12.4 Å². The zero-order chi connectivity index (χ0) is 21.3. The molecular weight excluding hydrogens is 328 g/mol. The molecule has 1 aromatic carbocycles. The van der Waals surface area contributed by atoms with Crippen LogP contribution in [-0.4, -0.2) is 6.29 Å². The lowest BCUT2D eigenvalue weighted by Gasteiger charge is -2.25. The van der Waals surface area contributed by atoms with Gasteiger partial charge in [-0.15, -0.1) is 0 Å². The monoisotopic (exact) mass is 368 g/mol. The van der Waals surface area contributed by atoms with Crippen molar-refractivity contribution in [1.29, 1.82) is 0 Å². The van der Waals surface area contributed by atoms with Gasteiger partial charge < -0.3 is 0 Å². The fourth-order valence-corrected chi connectivity index (χ4v) is 2.58. The van der Waals surface area contributed by atoms with Crippen molar-refractivity contribution in [2.75, 3.05) is 0 Å². The van der Waals surface area contributed by atoms with Crippen LogP contribution in [0, 0.1) is 0 Å². The van der Waals surface area contributed by atoms with Gasteiger partial charge in [0.25, 0.3) is 0 Å². The van der Waals surface area contributed by atoms with E-state index in [1.807, 2.05) is 39.8 Å². The zero-order valence-corrected chi connectivity index (χ0v) is 19.2. The molecule has 0 amide bonds. The highest BCUT2D eigenvalue weighted by Gasteiger charge is 2.20. The van der Waals surface area contributed by atoms with E-state index in [4.69, 9.17) is 0 Å². The lowest BCUT2D eigenvalue weighted by atomic mass is 9.79. The number of aldehydes is 1. The molecule has 0 aromatic heterocycles. The highest BCUT2D eigenvalue weighted by Crippen LogP contribution is 2.31. The molecule has 2 rings (SSSR count). The summed E-state index contributed by atoms with van der Waals surface area (Å²) in [6, 6.07) is 6.88. The highest BCUT2D eigenvalue weighted by atomic mass is 16.1. The predicted molar refractivity (Wildman–Crippen MR) is 122 cm³/mol. The number of benzene rings is 1. The van der Waals surface area contributed by atoms with Gasteiger partial charge in [-0.05, 0) is 38.7 Å². The predicted octanol–water partition coefficient (Wildman–Crippen LogP) is 7.80. The Morgan fingerprint density at radius 2 is 1.15 bits per heavy atom. The quantitative estimate of drug-likeness (QED) is 0.497. The van der Waals surface area contributed by atoms with Crippen LogP contribution in [0.4, 0.5) is 0 Å². The number of allylic oxidation sites excluding steroid dienone is 5. The number of rotatable bonds is 3. The van der Waals surface area contributed by atoms with E-state index in [2.05, 4.69) is 71.9 Å². The molecule has 1 aliphatic rings. The van der Waals surface area contributed by atoms with Crippen LogP contribution in [0.1, 0.15) is 92.3 Å². The molecule has 0 saturated carbocycles. The van der Waals surface area contributed by atoms with Crippen LogP contribution >= 0.6 is 0 Å². The van der Waals surface area contributed by atoms with Crippen LogP contribution in [-0.2, 0) is 15.6 Å². The van der Waals surface area contributed by atoms with Crippen molar-refractivity contribution in [2.24, 2.45) is 0 Å². The first-order chi connectivity index (χ1) is 12.6. The molecule has 27 heavy (non-hydrogen) atoms. The Hall–Kier alpha value is -1.89. The minimum absolute atomic E-state index is 0.128. The van der Waals surface area contributed by atoms with E-state index >= 15 is 0 Å². The summed E-state index contributed by atoms with van der Waals surface area (Å²) in [4.78, 5) is 10.8. The van der Waals surface area contributed by atoms with Gasteiger partial charge in [0, 0.05) is 6.42 Å². The Morgan fingerprint density at radius 3 is 1.52 bits per heavy atom. The average Bonchev–Trinajstić information content (AvgIpc) is 3.10. The molecule has 0 saturated heterocycles. The van der Waals surface area contributed by atoms with Crippen LogP contribution < -0.4 is 0 Å². The van der Waals surface area contributed by atoms with Gasteiger partial charge in [0.2, 0.25) is 0 Å². The van der Waals surface area contributed by atoms with Gasteiger partial charge in [0.05, 0.1) is 0 Å². The van der Waals surface area contributed by atoms with Crippen molar-refractivity contribution in [1.82, 2.24) is 0 Å². The van der Waals surface area contributed by atoms with Gasteiger partial charge in [-0.1, -0.05) is 112 Å². The maximum atomic E-state index is 10.8. The second kappa shape index (κ2) is 11.1. The van der Waals surface area contributed by atoms with Crippen LogP contribution in [0.15, 0.2) is 47.6 Å². The molecule has 0 N–H and O–H groups in total. The summed E-state index contributed by atoms with van der Waals surface area (Å²) in [6.07, 6.45) is 9.90. The van der Waals surface area contributed by atoms with Gasteiger partial charge in [-0.25, -0.2) is 0 Å². The van der Waals surface area contributed by atoms with Crippen molar-refractivity contribution in [3.8, 4) is 0 Å². The van der Waals surface area contributed by atoms with E-state index in [9.17, 15) is 4.79 Å². The summed E-state index contributed by atoms with van der Waals surface area (Å²) in [5.74, 6) is 0. The second-order valence-corrected chi connectivity index (χ2v) is 8.45. The minimum Gasteiger partial charge on any atom is -0.298 e. The molecule has 0 fully saturated rings. The molecule has 1 nitrogen and oxygen atoms in total. The maximum Gasteiger partial charge on any atom is 0.146 e. The SMILES string of the molecule is CC.CC.CC(C)(C)c1cc(/C=C/C2=CC=C(C=O)C2)cc(C(C)(C)C)c1. The fraction of sp³-hybridized carbons (Fsp3) is 0.500. The molecule has 1 heteroatoms. The second-order valence-electron chi connectivity index (χ2n) is 8.45.